The first kappa shape index (κ1) is 7.34. The zero-order valence-corrected chi connectivity index (χ0v) is 6.32. The maximum absolute atomic E-state index is 10.8. The number of rotatable bonds is 0. The van der Waals surface area contributed by atoms with Crippen molar-refractivity contribution in [2.75, 3.05) is 6.54 Å². The highest BCUT2D eigenvalue weighted by Crippen LogP contribution is 2.07. The molecule has 0 aromatic heterocycles. The normalized spacial score (nSPS) is 24.4. The Hall–Kier alpha value is -0.770. The third-order valence-corrected chi connectivity index (χ3v) is 1.53. The van der Waals surface area contributed by atoms with Gasteiger partial charge >= 0.3 is 6.03 Å². The number of hydrazine groups is 1. The van der Waals surface area contributed by atoms with Gasteiger partial charge in [0.1, 0.15) is 0 Å². The topological polar surface area (TPSA) is 53.2 Å². The summed E-state index contributed by atoms with van der Waals surface area (Å²) in [4.78, 5) is 10.8. The fourth-order valence-corrected chi connectivity index (χ4v) is 0.919. The van der Waals surface area contributed by atoms with E-state index in [1.54, 1.807) is 0 Å². The molecule has 0 unspecified atom stereocenters. The van der Waals surface area contributed by atoms with Crippen LogP contribution in [0.1, 0.15) is 20.3 Å². The van der Waals surface area contributed by atoms with Gasteiger partial charge in [-0.3, -0.25) is 5.43 Å². The van der Waals surface area contributed by atoms with Gasteiger partial charge in [-0.2, -0.15) is 0 Å². The van der Waals surface area contributed by atoms with Crippen LogP contribution in [0.15, 0.2) is 0 Å². The lowest BCUT2D eigenvalue weighted by atomic mass is 10.0. The van der Waals surface area contributed by atoms with Crippen LogP contribution >= 0.6 is 0 Å². The molecule has 58 valence electrons. The Balaban J connectivity index is 2.54. The van der Waals surface area contributed by atoms with Crippen LogP contribution in [0.3, 0.4) is 0 Å². The Bertz CT molecular complexity index is 144. The van der Waals surface area contributed by atoms with Crippen LogP contribution in [0.5, 0.6) is 0 Å². The quantitative estimate of drug-likeness (QED) is 0.446. The summed E-state index contributed by atoms with van der Waals surface area (Å²) in [5.74, 6) is 0. The number of urea groups is 1. The summed E-state index contributed by atoms with van der Waals surface area (Å²) in [5, 5.41) is 2.81. The van der Waals surface area contributed by atoms with E-state index in [-0.39, 0.29) is 11.6 Å². The molecule has 0 bridgehead atoms. The lowest BCUT2D eigenvalue weighted by Gasteiger charge is -2.21. The van der Waals surface area contributed by atoms with Crippen molar-refractivity contribution in [2.45, 2.75) is 25.8 Å². The average Bonchev–Trinajstić information content (AvgIpc) is 1.90. The lowest BCUT2D eigenvalue weighted by Crippen LogP contribution is -2.46. The van der Waals surface area contributed by atoms with Crippen molar-refractivity contribution in [2.24, 2.45) is 0 Å². The lowest BCUT2D eigenvalue weighted by molar-refractivity contribution is 0.232. The first-order valence-electron chi connectivity index (χ1n) is 3.41. The molecule has 1 fully saturated rings. The minimum Gasteiger partial charge on any atom is -0.332 e. The summed E-state index contributed by atoms with van der Waals surface area (Å²) in [6.07, 6.45) is 0.936. The van der Waals surface area contributed by atoms with Crippen molar-refractivity contribution < 1.29 is 4.79 Å². The molecule has 0 aliphatic carbocycles. The molecule has 4 heteroatoms. The van der Waals surface area contributed by atoms with Gasteiger partial charge in [-0.25, -0.2) is 10.2 Å². The monoisotopic (exact) mass is 143 g/mol. The molecule has 1 saturated heterocycles. The maximum Gasteiger partial charge on any atom is 0.329 e. The van der Waals surface area contributed by atoms with Crippen LogP contribution in [0.4, 0.5) is 4.79 Å². The fraction of sp³-hybridized carbons (Fsp3) is 0.833. The zero-order valence-electron chi connectivity index (χ0n) is 6.32. The first-order valence-corrected chi connectivity index (χ1v) is 3.41. The second kappa shape index (κ2) is 2.46. The molecule has 0 aromatic rings. The van der Waals surface area contributed by atoms with Crippen molar-refractivity contribution in [3.63, 3.8) is 0 Å². The van der Waals surface area contributed by atoms with Crippen LogP contribution in [0, 0.1) is 0 Å². The van der Waals surface area contributed by atoms with E-state index in [0.717, 1.165) is 13.0 Å². The summed E-state index contributed by atoms with van der Waals surface area (Å²) in [6.45, 7) is 4.81. The van der Waals surface area contributed by atoms with Crippen molar-refractivity contribution in [3.8, 4) is 0 Å². The smallest absolute Gasteiger partial charge is 0.329 e. The van der Waals surface area contributed by atoms with Crippen molar-refractivity contribution >= 4 is 6.03 Å². The molecule has 0 saturated carbocycles. The fourth-order valence-electron chi connectivity index (χ4n) is 0.919. The molecule has 2 amide bonds. The Morgan fingerprint density at radius 1 is 1.50 bits per heavy atom. The Kier molecular flexibility index (Phi) is 1.80. The van der Waals surface area contributed by atoms with Gasteiger partial charge in [-0.15, -0.1) is 0 Å². The molecule has 1 aliphatic heterocycles. The molecule has 0 aromatic carbocycles. The van der Waals surface area contributed by atoms with Gasteiger partial charge < -0.3 is 5.32 Å². The second-order valence-electron chi connectivity index (χ2n) is 3.14. The third-order valence-electron chi connectivity index (χ3n) is 1.53. The van der Waals surface area contributed by atoms with E-state index in [0.29, 0.717) is 0 Å². The van der Waals surface area contributed by atoms with Crippen molar-refractivity contribution in [3.05, 3.63) is 0 Å². The van der Waals surface area contributed by atoms with Crippen LogP contribution in [0.2, 0.25) is 0 Å². The minimum atomic E-state index is -0.150. The Morgan fingerprint density at radius 2 is 2.20 bits per heavy atom. The summed E-state index contributed by atoms with van der Waals surface area (Å²) in [6, 6.07) is -0.150. The van der Waals surface area contributed by atoms with E-state index in [2.05, 4.69) is 16.2 Å². The first-order chi connectivity index (χ1) is 4.60. The predicted molar refractivity (Wildman–Crippen MR) is 38.4 cm³/mol. The van der Waals surface area contributed by atoms with Crippen molar-refractivity contribution in [1.82, 2.24) is 16.2 Å². The van der Waals surface area contributed by atoms with Crippen LogP contribution in [-0.4, -0.2) is 18.1 Å². The molecule has 1 rings (SSSR count). The standard InChI is InChI=1S/C6H13N3O/c1-6(2)3-4-7-9-5(10)8-6/h7H,3-4H2,1-2H3,(H2,8,9,10). The minimum absolute atomic E-state index is 0.0897. The number of hydrogen-bond acceptors (Lipinski definition) is 2. The van der Waals surface area contributed by atoms with Gasteiger partial charge in [0, 0.05) is 12.1 Å². The van der Waals surface area contributed by atoms with Gasteiger partial charge in [-0.05, 0) is 20.3 Å². The molecular weight excluding hydrogens is 130 g/mol. The number of nitrogens with one attached hydrogen (secondary N) is 3. The molecule has 0 atom stereocenters. The maximum atomic E-state index is 10.8. The molecule has 0 radical (unpaired) electrons. The molecule has 4 nitrogen and oxygen atoms in total. The van der Waals surface area contributed by atoms with Crippen molar-refractivity contribution in [1.29, 1.82) is 0 Å². The van der Waals surface area contributed by atoms with E-state index in [4.69, 9.17) is 0 Å². The second-order valence-corrected chi connectivity index (χ2v) is 3.14. The Morgan fingerprint density at radius 3 is 2.90 bits per heavy atom. The summed E-state index contributed by atoms with van der Waals surface area (Å²) < 4.78 is 0. The summed E-state index contributed by atoms with van der Waals surface area (Å²) in [7, 11) is 0. The summed E-state index contributed by atoms with van der Waals surface area (Å²) in [5.41, 5.74) is 5.20. The van der Waals surface area contributed by atoms with E-state index in [1.165, 1.54) is 0 Å². The van der Waals surface area contributed by atoms with Crippen LogP contribution in [0.25, 0.3) is 0 Å². The average molecular weight is 143 g/mol. The van der Waals surface area contributed by atoms with Gasteiger partial charge in [0.25, 0.3) is 0 Å². The number of carbonyl (C=O) groups excluding carboxylic acids is 1. The number of amides is 2. The molecule has 3 N–H and O–H groups in total. The van der Waals surface area contributed by atoms with Gasteiger partial charge in [0.05, 0.1) is 0 Å². The molecule has 1 heterocycles. The highest BCUT2D eigenvalue weighted by atomic mass is 16.2. The third kappa shape index (κ3) is 1.88. The number of hydrogen-bond donors (Lipinski definition) is 3. The van der Waals surface area contributed by atoms with Gasteiger partial charge in [-0.1, -0.05) is 0 Å². The van der Waals surface area contributed by atoms with E-state index in [1.807, 2.05) is 13.8 Å². The highest BCUT2D eigenvalue weighted by Gasteiger charge is 2.21. The van der Waals surface area contributed by atoms with E-state index < -0.39 is 0 Å². The molecule has 10 heavy (non-hydrogen) atoms. The van der Waals surface area contributed by atoms with Crippen LogP contribution < -0.4 is 16.2 Å². The van der Waals surface area contributed by atoms with E-state index in [9.17, 15) is 4.79 Å². The molecule has 0 spiro atoms. The Labute approximate surface area is 60.3 Å². The van der Waals surface area contributed by atoms with Gasteiger partial charge in [0.2, 0.25) is 0 Å². The zero-order chi connectivity index (χ0) is 7.61. The SMILES string of the molecule is CC1(C)CCNNC(=O)N1. The van der Waals surface area contributed by atoms with E-state index >= 15 is 0 Å². The molecular formula is C6H13N3O. The summed E-state index contributed by atoms with van der Waals surface area (Å²) >= 11 is 0. The number of carbonyl (C=O) groups is 1. The van der Waals surface area contributed by atoms with Gasteiger partial charge in [0.15, 0.2) is 0 Å². The molecule has 1 aliphatic rings. The highest BCUT2D eigenvalue weighted by molar-refractivity contribution is 5.74. The largest absolute Gasteiger partial charge is 0.332 e. The van der Waals surface area contributed by atoms with Crippen LogP contribution in [-0.2, 0) is 0 Å². The predicted octanol–water partition coefficient (Wildman–Crippen LogP) is -0.0275.